The van der Waals surface area contributed by atoms with Crippen LogP contribution in [0.5, 0.6) is 5.75 Å². The third-order valence-electron chi connectivity index (χ3n) is 7.40. The van der Waals surface area contributed by atoms with Gasteiger partial charge in [-0.2, -0.15) is 0 Å². The van der Waals surface area contributed by atoms with E-state index in [-0.39, 0.29) is 30.6 Å². The third-order valence-corrected chi connectivity index (χ3v) is 7.89. The van der Waals surface area contributed by atoms with Crippen LogP contribution in [0, 0.1) is 0 Å². The van der Waals surface area contributed by atoms with Crippen LogP contribution in [0.1, 0.15) is 48.5 Å². The summed E-state index contributed by atoms with van der Waals surface area (Å²) >= 11 is 3.58. The molecule has 1 saturated carbocycles. The lowest BCUT2D eigenvalue weighted by molar-refractivity contribution is -0.123. The molecule has 0 saturated heterocycles. The maximum Gasteiger partial charge on any atom is 0.242 e. The van der Waals surface area contributed by atoms with Gasteiger partial charge < -0.3 is 26.2 Å². The van der Waals surface area contributed by atoms with Crippen molar-refractivity contribution in [3.8, 4) is 5.75 Å². The number of ether oxygens (including phenoxy) is 1. The third kappa shape index (κ3) is 6.04. The number of amides is 1. The summed E-state index contributed by atoms with van der Waals surface area (Å²) in [7, 11) is 0. The van der Waals surface area contributed by atoms with Crippen molar-refractivity contribution >= 4 is 21.8 Å². The standard InChI is InChI=1S/C27H33BrN6O3/c28-19-7-8-25-21(12-19)23(13-27(37-25)9-4-10-27)30-16-24(35)22(11-18-5-2-1-3-6-18)32-26(36)17-34-20(14-29)15-31-33-34/h1-3,5-8,12,15,22-24,30,35H,4,9-11,13-14,16-17,29H2,(H,32,36)/t22-,23-,24+/m0/s1. The van der Waals surface area contributed by atoms with E-state index in [4.69, 9.17) is 10.5 Å². The summed E-state index contributed by atoms with van der Waals surface area (Å²) in [6.07, 6.45) is 5.34. The summed E-state index contributed by atoms with van der Waals surface area (Å²) in [6.45, 7) is 0.550. The molecule has 10 heteroatoms. The van der Waals surface area contributed by atoms with Crippen molar-refractivity contribution in [2.45, 2.75) is 69.0 Å². The Hall–Kier alpha value is -2.79. The first kappa shape index (κ1) is 25.8. The van der Waals surface area contributed by atoms with E-state index in [1.54, 1.807) is 6.20 Å². The molecule has 2 aliphatic rings. The van der Waals surface area contributed by atoms with Gasteiger partial charge in [0.2, 0.25) is 5.91 Å². The Kier molecular flexibility index (Phi) is 7.89. The Bertz CT molecular complexity index is 1220. The van der Waals surface area contributed by atoms with E-state index in [2.05, 4.69) is 42.9 Å². The summed E-state index contributed by atoms with van der Waals surface area (Å²) in [4.78, 5) is 12.9. The highest BCUT2D eigenvalue weighted by atomic mass is 79.9. The molecule has 2 aromatic carbocycles. The number of aromatic nitrogens is 3. The van der Waals surface area contributed by atoms with Crippen LogP contribution in [-0.4, -0.2) is 50.3 Å². The minimum Gasteiger partial charge on any atom is -0.487 e. The number of nitrogens with zero attached hydrogens (tertiary/aromatic N) is 3. The number of fused-ring (bicyclic) bond motifs is 1. The lowest BCUT2D eigenvalue weighted by Crippen LogP contribution is -2.52. The minimum atomic E-state index is -0.815. The van der Waals surface area contributed by atoms with E-state index >= 15 is 0 Å². The van der Waals surface area contributed by atoms with Crippen LogP contribution < -0.4 is 21.1 Å². The lowest BCUT2D eigenvalue weighted by Gasteiger charge is -2.48. The summed E-state index contributed by atoms with van der Waals surface area (Å²) in [5.74, 6) is 0.646. The molecule has 196 valence electrons. The van der Waals surface area contributed by atoms with E-state index in [1.165, 1.54) is 11.1 Å². The lowest BCUT2D eigenvalue weighted by atomic mass is 9.73. The van der Waals surface area contributed by atoms with Crippen molar-refractivity contribution in [2.24, 2.45) is 5.73 Å². The predicted octanol–water partition coefficient (Wildman–Crippen LogP) is 2.62. The number of halogens is 1. The van der Waals surface area contributed by atoms with Crippen LogP contribution in [0.4, 0.5) is 0 Å². The van der Waals surface area contributed by atoms with Crippen LogP contribution in [-0.2, 0) is 24.3 Å². The molecule has 2 heterocycles. The molecule has 0 bridgehead atoms. The Morgan fingerprint density at radius 1 is 1.27 bits per heavy atom. The summed E-state index contributed by atoms with van der Waals surface area (Å²) in [5.41, 5.74) is 8.38. The van der Waals surface area contributed by atoms with Gasteiger partial charge in [0.1, 0.15) is 17.9 Å². The highest BCUT2D eigenvalue weighted by Crippen LogP contribution is 2.49. The first-order valence-corrected chi connectivity index (χ1v) is 13.5. The van der Waals surface area contributed by atoms with Crippen LogP contribution in [0.25, 0.3) is 0 Å². The number of rotatable bonds is 10. The van der Waals surface area contributed by atoms with Gasteiger partial charge in [-0.1, -0.05) is 51.5 Å². The molecule has 1 spiro atoms. The Labute approximate surface area is 224 Å². The SMILES string of the molecule is NCc1cnnn1CC(=O)N[C@@H](Cc1ccccc1)[C@H](O)CN[C@H]1CC2(CCC2)Oc2ccc(Br)cc21. The highest BCUT2D eigenvalue weighted by molar-refractivity contribution is 9.10. The molecular formula is C27H33BrN6O3. The molecule has 5 N–H and O–H groups in total. The van der Waals surface area contributed by atoms with Gasteiger partial charge in [-0.15, -0.1) is 5.10 Å². The summed E-state index contributed by atoms with van der Waals surface area (Å²) in [5, 5.41) is 25.7. The van der Waals surface area contributed by atoms with E-state index in [1.807, 2.05) is 42.5 Å². The maximum absolute atomic E-state index is 12.9. The number of carbonyl (C=O) groups is 1. The quantitative estimate of drug-likeness (QED) is 0.296. The number of nitrogens with two attached hydrogens (primary N) is 1. The van der Waals surface area contributed by atoms with Gasteiger partial charge in [0.25, 0.3) is 0 Å². The Balaban J connectivity index is 1.29. The fraction of sp³-hybridized carbons (Fsp3) is 0.444. The smallest absolute Gasteiger partial charge is 0.242 e. The van der Waals surface area contributed by atoms with Crippen molar-refractivity contribution in [2.75, 3.05) is 6.54 Å². The monoisotopic (exact) mass is 568 g/mol. The second-order valence-corrected chi connectivity index (χ2v) is 10.9. The molecule has 1 aliphatic carbocycles. The molecule has 37 heavy (non-hydrogen) atoms. The number of aliphatic hydroxyl groups is 1. The Morgan fingerprint density at radius 2 is 2.08 bits per heavy atom. The van der Waals surface area contributed by atoms with E-state index in [0.29, 0.717) is 18.7 Å². The minimum absolute atomic E-state index is 0.0120. The van der Waals surface area contributed by atoms with Crippen molar-refractivity contribution in [3.63, 3.8) is 0 Å². The van der Waals surface area contributed by atoms with Crippen molar-refractivity contribution in [1.82, 2.24) is 25.6 Å². The Morgan fingerprint density at radius 3 is 2.81 bits per heavy atom. The average Bonchev–Trinajstić information content (AvgIpc) is 3.33. The van der Waals surface area contributed by atoms with E-state index < -0.39 is 12.1 Å². The van der Waals surface area contributed by atoms with E-state index in [9.17, 15) is 9.90 Å². The molecule has 1 aliphatic heterocycles. The van der Waals surface area contributed by atoms with Gasteiger partial charge in [-0.3, -0.25) is 4.79 Å². The fourth-order valence-corrected chi connectivity index (χ4v) is 5.59. The predicted molar refractivity (Wildman–Crippen MR) is 143 cm³/mol. The zero-order valence-corrected chi connectivity index (χ0v) is 22.2. The second-order valence-electron chi connectivity index (χ2n) is 10.0. The molecule has 3 atom stereocenters. The topological polar surface area (TPSA) is 127 Å². The summed E-state index contributed by atoms with van der Waals surface area (Å²) < 4.78 is 8.86. The van der Waals surface area contributed by atoms with Gasteiger partial charge in [0, 0.05) is 35.6 Å². The average molecular weight is 570 g/mol. The zero-order chi connectivity index (χ0) is 25.8. The number of hydrogen-bond acceptors (Lipinski definition) is 7. The molecule has 1 fully saturated rings. The number of benzene rings is 2. The molecular weight excluding hydrogens is 536 g/mol. The first-order chi connectivity index (χ1) is 17.9. The molecule has 0 unspecified atom stereocenters. The maximum atomic E-state index is 12.9. The molecule has 3 aromatic rings. The number of aliphatic hydroxyl groups excluding tert-OH is 1. The van der Waals surface area contributed by atoms with Gasteiger partial charge in [-0.05, 0) is 49.4 Å². The van der Waals surface area contributed by atoms with Crippen LogP contribution in [0.2, 0.25) is 0 Å². The second kappa shape index (κ2) is 11.3. The molecule has 1 amide bonds. The van der Waals surface area contributed by atoms with Crippen molar-refractivity contribution < 1.29 is 14.6 Å². The summed E-state index contributed by atoms with van der Waals surface area (Å²) in [6, 6.07) is 15.5. The number of nitrogens with one attached hydrogen (secondary N) is 2. The van der Waals surface area contributed by atoms with Crippen LogP contribution in [0.15, 0.2) is 59.2 Å². The van der Waals surface area contributed by atoms with E-state index in [0.717, 1.165) is 40.6 Å². The molecule has 1 aromatic heterocycles. The normalized spacial score (nSPS) is 19.4. The molecule has 0 radical (unpaired) electrons. The number of hydrogen-bond donors (Lipinski definition) is 4. The number of carbonyl (C=O) groups excluding carboxylic acids is 1. The zero-order valence-electron chi connectivity index (χ0n) is 20.6. The van der Waals surface area contributed by atoms with Gasteiger partial charge in [0.05, 0.1) is 24.0 Å². The van der Waals surface area contributed by atoms with Gasteiger partial charge in [-0.25, -0.2) is 4.68 Å². The van der Waals surface area contributed by atoms with Crippen LogP contribution in [0.3, 0.4) is 0 Å². The van der Waals surface area contributed by atoms with Crippen molar-refractivity contribution in [3.05, 3.63) is 76.0 Å². The molecule has 9 nitrogen and oxygen atoms in total. The first-order valence-electron chi connectivity index (χ1n) is 12.8. The van der Waals surface area contributed by atoms with Gasteiger partial charge >= 0.3 is 0 Å². The van der Waals surface area contributed by atoms with Crippen molar-refractivity contribution in [1.29, 1.82) is 0 Å². The van der Waals surface area contributed by atoms with Crippen LogP contribution >= 0.6 is 15.9 Å². The van der Waals surface area contributed by atoms with Gasteiger partial charge in [0.15, 0.2) is 0 Å². The fourth-order valence-electron chi connectivity index (χ4n) is 5.22. The highest BCUT2D eigenvalue weighted by Gasteiger charge is 2.45. The largest absolute Gasteiger partial charge is 0.487 e. The molecule has 5 rings (SSSR count).